The molecule has 3 aromatic rings. The molecule has 4 heteroatoms. The molecule has 3 rings (SSSR count). The fourth-order valence-electron chi connectivity index (χ4n) is 1.82. The van der Waals surface area contributed by atoms with Crippen LogP contribution in [0.2, 0.25) is 5.15 Å². The van der Waals surface area contributed by atoms with Crippen LogP contribution in [0, 0.1) is 0 Å². The van der Waals surface area contributed by atoms with E-state index in [4.69, 9.17) is 11.6 Å². The summed E-state index contributed by atoms with van der Waals surface area (Å²) in [5, 5.41) is 4.78. The van der Waals surface area contributed by atoms with Gasteiger partial charge in [-0.05, 0) is 24.3 Å². The SMILES string of the molecule is Clc1cccc(Nc2cccc3cccnc23)n1. The lowest BCUT2D eigenvalue weighted by Crippen LogP contribution is -1.95. The summed E-state index contributed by atoms with van der Waals surface area (Å²) in [6.07, 6.45) is 1.78. The first kappa shape index (κ1) is 11.0. The van der Waals surface area contributed by atoms with Crippen LogP contribution < -0.4 is 5.32 Å². The van der Waals surface area contributed by atoms with Crippen molar-refractivity contribution in [1.29, 1.82) is 0 Å². The Bertz CT molecular complexity index is 692. The van der Waals surface area contributed by atoms with Crippen molar-refractivity contribution in [1.82, 2.24) is 9.97 Å². The highest BCUT2D eigenvalue weighted by molar-refractivity contribution is 6.29. The number of halogens is 1. The van der Waals surface area contributed by atoms with E-state index in [0.717, 1.165) is 16.6 Å². The maximum absolute atomic E-state index is 5.86. The minimum absolute atomic E-state index is 0.466. The third-order valence-corrected chi connectivity index (χ3v) is 2.82. The minimum Gasteiger partial charge on any atom is -0.338 e. The van der Waals surface area contributed by atoms with Gasteiger partial charge in [0.15, 0.2) is 0 Å². The third kappa shape index (κ3) is 2.13. The van der Waals surface area contributed by atoms with Crippen molar-refractivity contribution in [3.63, 3.8) is 0 Å². The summed E-state index contributed by atoms with van der Waals surface area (Å²) in [4.78, 5) is 8.58. The maximum Gasteiger partial charge on any atom is 0.132 e. The molecule has 1 N–H and O–H groups in total. The van der Waals surface area contributed by atoms with Crippen LogP contribution in [0.25, 0.3) is 10.9 Å². The summed E-state index contributed by atoms with van der Waals surface area (Å²) in [7, 11) is 0. The quantitative estimate of drug-likeness (QED) is 0.703. The van der Waals surface area contributed by atoms with Crippen molar-refractivity contribution in [2.45, 2.75) is 0 Å². The predicted molar refractivity (Wildman–Crippen MR) is 74.3 cm³/mol. The van der Waals surface area contributed by atoms with E-state index in [-0.39, 0.29) is 0 Å². The Morgan fingerprint density at radius 2 is 1.78 bits per heavy atom. The molecule has 0 amide bonds. The predicted octanol–water partition coefficient (Wildman–Crippen LogP) is 4.03. The van der Waals surface area contributed by atoms with Crippen molar-refractivity contribution in [2.24, 2.45) is 0 Å². The Labute approximate surface area is 109 Å². The Kier molecular flexibility index (Phi) is 2.82. The highest BCUT2D eigenvalue weighted by atomic mass is 35.5. The molecule has 1 aromatic carbocycles. The highest BCUT2D eigenvalue weighted by Crippen LogP contribution is 2.24. The largest absolute Gasteiger partial charge is 0.338 e. The number of aromatic nitrogens is 2. The van der Waals surface area contributed by atoms with Crippen LogP contribution in [0.15, 0.2) is 54.7 Å². The van der Waals surface area contributed by atoms with Crippen molar-refractivity contribution < 1.29 is 0 Å². The van der Waals surface area contributed by atoms with Gasteiger partial charge in [0.2, 0.25) is 0 Å². The summed E-state index contributed by atoms with van der Waals surface area (Å²) in [5.41, 5.74) is 1.84. The number of anilines is 2. The molecule has 0 saturated heterocycles. The van der Waals surface area contributed by atoms with E-state index in [0.29, 0.717) is 11.0 Å². The number of fused-ring (bicyclic) bond motifs is 1. The van der Waals surface area contributed by atoms with Crippen molar-refractivity contribution >= 4 is 34.0 Å². The number of hydrogen-bond donors (Lipinski definition) is 1. The van der Waals surface area contributed by atoms with Crippen LogP contribution in [0.4, 0.5) is 11.5 Å². The van der Waals surface area contributed by atoms with Gasteiger partial charge in [0, 0.05) is 11.6 Å². The second-order valence-electron chi connectivity index (χ2n) is 3.85. The van der Waals surface area contributed by atoms with Gasteiger partial charge in [-0.2, -0.15) is 0 Å². The Hall–Kier alpha value is -2.13. The average Bonchev–Trinajstić information content (AvgIpc) is 2.39. The molecule has 0 aliphatic heterocycles. The molecule has 0 radical (unpaired) electrons. The Morgan fingerprint density at radius 1 is 0.944 bits per heavy atom. The topological polar surface area (TPSA) is 37.8 Å². The van der Waals surface area contributed by atoms with Crippen LogP contribution in [0.1, 0.15) is 0 Å². The van der Waals surface area contributed by atoms with E-state index in [9.17, 15) is 0 Å². The number of nitrogens with one attached hydrogen (secondary N) is 1. The molecule has 0 spiro atoms. The van der Waals surface area contributed by atoms with Gasteiger partial charge in [0.25, 0.3) is 0 Å². The summed E-state index contributed by atoms with van der Waals surface area (Å²) < 4.78 is 0. The summed E-state index contributed by atoms with van der Waals surface area (Å²) in [6, 6.07) is 15.4. The second kappa shape index (κ2) is 4.63. The van der Waals surface area contributed by atoms with Gasteiger partial charge in [-0.25, -0.2) is 4.98 Å². The van der Waals surface area contributed by atoms with Crippen molar-refractivity contribution in [3.05, 3.63) is 59.9 Å². The van der Waals surface area contributed by atoms with Crippen LogP contribution in [-0.4, -0.2) is 9.97 Å². The molecule has 0 aliphatic carbocycles. The molecular weight excluding hydrogens is 246 g/mol. The van der Waals surface area contributed by atoms with Crippen molar-refractivity contribution in [3.8, 4) is 0 Å². The number of pyridine rings is 2. The number of nitrogens with zero attached hydrogens (tertiary/aromatic N) is 2. The molecule has 18 heavy (non-hydrogen) atoms. The molecule has 3 nitrogen and oxygen atoms in total. The van der Waals surface area contributed by atoms with E-state index >= 15 is 0 Å². The first-order valence-corrected chi connectivity index (χ1v) is 5.94. The van der Waals surface area contributed by atoms with Gasteiger partial charge < -0.3 is 5.32 Å². The molecule has 88 valence electrons. The van der Waals surface area contributed by atoms with E-state index in [1.807, 2.05) is 42.5 Å². The fourth-order valence-corrected chi connectivity index (χ4v) is 1.98. The van der Waals surface area contributed by atoms with Crippen LogP contribution in [-0.2, 0) is 0 Å². The van der Waals surface area contributed by atoms with Crippen molar-refractivity contribution in [2.75, 3.05) is 5.32 Å². The van der Waals surface area contributed by atoms with Crippen LogP contribution in [0.5, 0.6) is 0 Å². The number of rotatable bonds is 2. The average molecular weight is 256 g/mol. The molecule has 0 fully saturated rings. The zero-order valence-corrected chi connectivity index (χ0v) is 10.2. The number of benzene rings is 1. The van der Waals surface area contributed by atoms with E-state index in [1.54, 1.807) is 12.3 Å². The third-order valence-electron chi connectivity index (χ3n) is 2.61. The van der Waals surface area contributed by atoms with Gasteiger partial charge in [-0.1, -0.05) is 35.9 Å². The second-order valence-corrected chi connectivity index (χ2v) is 4.24. The monoisotopic (exact) mass is 255 g/mol. The fraction of sp³-hybridized carbons (Fsp3) is 0. The van der Waals surface area contributed by atoms with E-state index in [2.05, 4.69) is 15.3 Å². The molecule has 0 unspecified atom stereocenters. The summed E-state index contributed by atoms with van der Waals surface area (Å²) >= 11 is 5.86. The Balaban J connectivity index is 2.05. The first-order chi connectivity index (χ1) is 8.83. The minimum atomic E-state index is 0.466. The summed E-state index contributed by atoms with van der Waals surface area (Å²) in [5.74, 6) is 0.709. The zero-order valence-electron chi connectivity index (χ0n) is 9.47. The smallest absolute Gasteiger partial charge is 0.132 e. The zero-order chi connectivity index (χ0) is 12.4. The number of para-hydroxylation sites is 1. The van der Waals surface area contributed by atoms with Gasteiger partial charge in [-0.15, -0.1) is 0 Å². The van der Waals surface area contributed by atoms with Crippen LogP contribution in [0.3, 0.4) is 0 Å². The molecule has 0 aliphatic rings. The standard InChI is InChI=1S/C14H10ClN3/c15-12-7-2-8-13(18-12)17-11-6-1-4-10-5-3-9-16-14(10)11/h1-9H,(H,17,18). The van der Waals surface area contributed by atoms with Gasteiger partial charge in [0.05, 0.1) is 11.2 Å². The maximum atomic E-state index is 5.86. The first-order valence-electron chi connectivity index (χ1n) is 5.56. The summed E-state index contributed by atoms with van der Waals surface area (Å²) in [6.45, 7) is 0. The lowest BCUT2D eigenvalue weighted by Gasteiger charge is -2.08. The van der Waals surface area contributed by atoms with Gasteiger partial charge >= 0.3 is 0 Å². The van der Waals surface area contributed by atoms with Gasteiger partial charge in [0.1, 0.15) is 11.0 Å². The normalized spacial score (nSPS) is 10.5. The molecule has 0 atom stereocenters. The van der Waals surface area contributed by atoms with Crippen LogP contribution >= 0.6 is 11.6 Å². The highest BCUT2D eigenvalue weighted by Gasteiger charge is 2.02. The van der Waals surface area contributed by atoms with E-state index < -0.39 is 0 Å². The van der Waals surface area contributed by atoms with E-state index in [1.165, 1.54) is 0 Å². The Morgan fingerprint density at radius 3 is 2.67 bits per heavy atom. The molecule has 2 aromatic heterocycles. The number of hydrogen-bond acceptors (Lipinski definition) is 3. The molecule has 2 heterocycles. The molecule has 0 saturated carbocycles. The lowest BCUT2D eigenvalue weighted by atomic mass is 10.2. The molecular formula is C14H10ClN3. The molecule has 0 bridgehead atoms. The lowest BCUT2D eigenvalue weighted by molar-refractivity contribution is 1.30. The van der Waals surface area contributed by atoms with Gasteiger partial charge in [-0.3, -0.25) is 4.98 Å².